The predicted molar refractivity (Wildman–Crippen MR) is 69.4 cm³/mol. The minimum Gasteiger partial charge on any atom is -0.480 e. The first-order valence-electron chi connectivity index (χ1n) is 5.66. The number of aliphatic carboxylic acids is 1. The van der Waals surface area contributed by atoms with E-state index in [4.69, 9.17) is 15.1 Å². The zero-order chi connectivity index (χ0) is 15.1. The fourth-order valence-corrected chi connectivity index (χ4v) is 1.56. The highest BCUT2D eigenvalue weighted by Gasteiger charge is 2.22. The van der Waals surface area contributed by atoms with Gasteiger partial charge in [-0.05, 0) is 12.1 Å². The van der Waals surface area contributed by atoms with Crippen molar-refractivity contribution in [3.8, 4) is 6.07 Å². The molecule has 8 heteroatoms. The van der Waals surface area contributed by atoms with Crippen LogP contribution in [-0.2, 0) is 9.53 Å². The molecule has 2 N–H and O–H groups in total. The molecule has 1 aromatic carbocycles. The van der Waals surface area contributed by atoms with Gasteiger partial charge in [-0.25, -0.2) is 4.79 Å². The number of hydrogen-bond donors (Lipinski definition) is 2. The monoisotopic (exact) mass is 279 g/mol. The van der Waals surface area contributed by atoms with Gasteiger partial charge in [0.05, 0.1) is 16.6 Å². The lowest BCUT2D eigenvalue weighted by molar-refractivity contribution is -0.384. The van der Waals surface area contributed by atoms with E-state index in [1.165, 1.54) is 19.2 Å². The molecule has 0 radical (unpaired) electrons. The summed E-state index contributed by atoms with van der Waals surface area (Å²) in [4.78, 5) is 21.3. The molecule has 1 aromatic rings. The third-order valence-corrected chi connectivity index (χ3v) is 2.56. The fraction of sp³-hybridized carbons (Fsp3) is 0.333. The Hall–Kier alpha value is -2.66. The number of nitriles is 1. The van der Waals surface area contributed by atoms with E-state index < -0.39 is 16.9 Å². The molecule has 0 aromatic heterocycles. The summed E-state index contributed by atoms with van der Waals surface area (Å²) in [6.45, 7) is 0.190. The van der Waals surface area contributed by atoms with Crippen LogP contribution in [0, 0.1) is 21.4 Å². The molecule has 0 aliphatic rings. The van der Waals surface area contributed by atoms with E-state index >= 15 is 0 Å². The first-order valence-corrected chi connectivity index (χ1v) is 5.66. The number of carbonyl (C=O) groups is 1. The van der Waals surface area contributed by atoms with Gasteiger partial charge in [-0.15, -0.1) is 0 Å². The number of methoxy groups -OCH3 is 1. The molecule has 1 unspecified atom stereocenters. The van der Waals surface area contributed by atoms with E-state index in [1.807, 2.05) is 6.07 Å². The Balaban J connectivity index is 3.06. The topological polar surface area (TPSA) is 125 Å². The number of nitro groups is 1. The summed E-state index contributed by atoms with van der Waals surface area (Å²) in [5.41, 5.74) is -0.0841. The van der Waals surface area contributed by atoms with E-state index in [9.17, 15) is 14.9 Å². The highest BCUT2D eigenvalue weighted by molar-refractivity contribution is 5.79. The molecule has 0 bridgehead atoms. The number of nitro benzene ring substituents is 1. The van der Waals surface area contributed by atoms with Crippen molar-refractivity contribution in [2.75, 3.05) is 19.0 Å². The molecule has 0 heterocycles. The van der Waals surface area contributed by atoms with Crippen molar-refractivity contribution < 1.29 is 19.6 Å². The Morgan fingerprint density at radius 2 is 2.35 bits per heavy atom. The Kier molecular flexibility index (Phi) is 5.43. The molecule has 0 aliphatic carbocycles. The molecule has 1 atom stereocenters. The third-order valence-electron chi connectivity index (χ3n) is 2.56. The Morgan fingerprint density at radius 1 is 1.65 bits per heavy atom. The number of nitrogens with zero attached hydrogens (tertiary/aromatic N) is 2. The maximum Gasteiger partial charge on any atom is 0.326 e. The number of nitrogens with one attached hydrogen (secondary N) is 1. The van der Waals surface area contributed by atoms with Crippen LogP contribution in [0.1, 0.15) is 12.0 Å². The number of benzene rings is 1. The summed E-state index contributed by atoms with van der Waals surface area (Å²) in [7, 11) is 1.43. The van der Waals surface area contributed by atoms with Crippen molar-refractivity contribution in [1.82, 2.24) is 0 Å². The first-order chi connectivity index (χ1) is 9.49. The molecular weight excluding hydrogens is 266 g/mol. The number of carboxylic acids is 1. The predicted octanol–water partition coefficient (Wildman–Crippen LogP) is 1.37. The van der Waals surface area contributed by atoms with Crippen molar-refractivity contribution in [3.63, 3.8) is 0 Å². The van der Waals surface area contributed by atoms with Crippen LogP contribution in [0.2, 0.25) is 0 Å². The zero-order valence-electron chi connectivity index (χ0n) is 10.7. The van der Waals surface area contributed by atoms with Crippen molar-refractivity contribution in [1.29, 1.82) is 5.26 Å². The highest BCUT2D eigenvalue weighted by atomic mass is 16.6. The van der Waals surface area contributed by atoms with Crippen LogP contribution < -0.4 is 5.32 Å². The van der Waals surface area contributed by atoms with Gasteiger partial charge >= 0.3 is 5.97 Å². The number of carboxylic acid groups (broad SMARTS) is 1. The molecular formula is C12H13N3O5. The molecule has 20 heavy (non-hydrogen) atoms. The molecule has 8 nitrogen and oxygen atoms in total. The molecule has 0 fully saturated rings. The Bertz CT molecular complexity index is 553. The summed E-state index contributed by atoms with van der Waals surface area (Å²) in [6, 6.07) is 4.52. The highest BCUT2D eigenvalue weighted by Crippen LogP contribution is 2.26. The van der Waals surface area contributed by atoms with Crippen LogP contribution in [0.25, 0.3) is 0 Å². The molecule has 0 spiro atoms. The van der Waals surface area contributed by atoms with Crippen molar-refractivity contribution in [3.05, 3.63) is 33.9 Å². The smallest absolute Gasteiger partial charge is 0.326 e. The van der Waals surface area contributed by atoms with Crippen LogP contribution in [0.4, 0.5) is 11.4 Å². The van der Waals surface area contributed by atoms with E-state index in [0.717, 1.165) is 6.07 Å². The minimum absolute atomic E-state index is 0.00227. The standard InChI is InChI=1S/C12H13N3O5/c1-20-5-4-9(12(16)17)14-10-6-8(7-13)2-3-11(10)15(18)19/h2-3,6,9,14H,4-5H2,1H3,(H,16,17). The van der Waals surface area contributed by atoms with Gasteiger partial charge in [-0.3, -0.25) is 10.1 Å². The molecule has 0 amide bonds. The number of ether oxygens (including phenoxy) is 1. The van der Waals surface area contributed by atoms with Gasteiger partial charge in [-0.2, -0.15) is 5.26 Å². The van der Waals surface area contributed by atoms with Gasteiger partial charge in [0.1, 0.15) is 11.7 Å². The summed E-state index contributed by atoms with van der Waals surface area (Å²) in [5, 5.41) is 31.3. The second kappa shape index (κ2) is 7.06. The second-order valence-corrected chi connectivity index (χ2v) is 3.92. The SMILES string of the molecule is COCCC(Nc1cc(C#N)ccc1[N+](=O)[O-])C(=O)O. The van der Waals surface area contributed by atoms with Crippen molar-refractivity contribution in [2.24, 2.45) is 0 Å². The van der Waals surface area contributed by atoms with E-state index in [0.29, 0.717) is 0 Å². The lowest BCUT2D eigenvalue weighted by atomic mass is 10.1. The van der Waals surface area contributed by atoms with Crippen LogP contribution in [0.3, 0.4) is 0 Å². The Labute approximate surface area is 114 Å². The van der Waals surface area contributed by atoms with E-state index in [2.05, 4.69) is 5.32 Å². The number of rotatable bonds is 7. The van der Waals surface area contributed by atoms with Crippen LogP contribution in [0.5, 0.6) is 0 Å². The largest absolute Gasteiger partial charge is 0.480 e. The summed E-state index contributed by atoms with van der Waals surface area (Å²) >= 11 is 0. The number of anilines is 1. The average molecular weight is 279 g/mol. The maximum absolute atomic E-state index is 11.1. The summed E-state index contributed by atoms with van der Waals surface area (Å²) in [5.74, 6) is -1.15. The van der Waals surface area contributed by atoms with E-state index in [1.54, 1.807) is 0 Å². The molecule has 0 saturated heterocycles. The van der Waals surface area contributed by atoms with Crippen LogP contribution in [-0.4, -0.2) is 35.8 Å². The van der Waals surface area contributed by atoms with Gasteiger partial charge in [0.15, 0.2) is 0 Å². The second-order valence-electron chi connectivity index (χ2n) is 3.92. The van der Waals surface area contributed by atoms with Gasteiger partial charge in [0.2, 0.25) is 0 Å². The quantitative estimate of drug-likeness (QED) is 0.570. The zero-order valence-corrected chi connectivity index (χ0v) is 10.7. The first kappa shape index (κ1) is 15.4. The fourth-order valence-electron chi connectivity index (χ4n) is 1.56. The number of hydrogen-bond acceptors (Lipinski definition) is 6. The van der Waals surface area contributed by atoms with E-state index in [-0.39, 0.29) is 30.0 Å². The minimum atomic E-state index is -1.15. The van der Waals surface area contributed by atoms with Gasteiger partial charge in [-0.1, -0.05) is 0 Å². The van der Waals surface area contributed by atoms with Crippen LogP contribution in [0.15, 0.2) is 18.2 Å². The molecule has 106 valence electrons. The summed E-state index contributed by atoms with van der Waals surface area (Å²) < 4.78 is 4.79. The van der Waals surface area contributed by atoms with Crippen molar-refractivity contribution >= 4 is 17.3 Å². The lowest BCUT2D eigenvalue weighted by Crippen LogP contribution is -2.30. The Morgan fingerprint density at radius 3 is 2.85 bits per heavy atom. The van der Waals surface area contributed by atoms with Gasteiger partial charge in [0, 0.05) is 26.2 Å². The lowest BCUT2D eigenvalue weighted by Gasteiger charge is -2.15. The van der Waals surface area contributed by atoms with Gasteiger partial charge in [0.25, 0.3) is 5.69 Å². The average Bonchev–Trinajstić information content (AvgIpc) is 2.42. The normalized spacial score (nSPS) is 11.4. The molecule has 0 saturated carbocycles. The maximum atomic E-state index is 11.1. The van der Waals surface area contributed by atoms with Gasteiger partial charge < -0.3 is 15.2 Å². The third kappa shape index (κ3) is 3.93. The van der Waals surface area contributed by atoms with Crippen LogP contribution >= 0.6 is 0 Å². The van der Waals surface area contributed by atoms with Crippen molar-refractivity contribution in [2.45, 2.75) is 12.5 Å². The summed E-state index contributed by atoms with van der Waals surface area (Å²) in [6.07, 6.45) is 0.139. The molecule has 1 rings (SSSR count). The molecule has 0 aliphatic heterocycles.